The van der Waals surface area contributed by atoms with Gasteiger partial charge < -0.3 is 0 Å². The number of benzene rings is 2. The molecule has 0 unspecified atom stereocenters. The largest absolute Gasteiger partial charge is 0.294 e. The van der Waals surface area contributed by atoms with E-state index < -0.39 is 17.4 Å². The minimum atomic E-state index is -0.665. The molecular weight excluding hydrogens is 338 g/mol. The van der Waals surface area contributed by atoms with E-state index in [0.29, 0.717) is 4.47 Å². The molecule has 5 heteroatoms. The lowest BCUT2D eigenvalue weighted by molar-refractivity contribution is 0.0991. The van der Waals surface area contributed by atoms with E-state index in [1.807, 2.05) is 0 Å². The van der Waals surface area contributed by atoms with Gasteiger partial charge >= 0.3 is 0 Å². The highest BCUT2D eigenvalue weighted by molar-refractivity contribution is 9.10. The van der Waals surface area contributed by atoms with Crippen molar-refractivity contribution in [3.63, 3.8) is 0 Å². The highest BCUT2D eigenvalue weighted by atomic mass is 79.9. The Balaban J connectivity index is 2.31. The molecular formula is C14H8BrClF2O. The zero-order valence-electron chi connectivity index (χ0n) is 9.59. The molecule has 0 fully saturated rings. The highest BCUT2D eigenvalue weighted by Crippen LogP contribution is 2.23. The van der Waals surface area contributed by atoms with Crippen molar-refractivity contribution in [2.45, 2.75) is 6.42 Å². The van der Waals surface area contributed by atoms with E-state index in [1.54, 1.807) is 6.07 Å². The van der Waals surface area contributed by atoms with Gasteiger partial charge in [0.2, 0.25) is 0 Å². The molecule has 0 bridgehead atoms. The van der Waals surface area contributed by atoms with Crippen LogP contribution in [0.5, 0.6) is 0 Å². The van der Waals surface area contributed by atoms with Gasteiger partial charge in [-0.1, -0.05) is 33.6 Å². The molecule has 0 saturated heterocycles. The second-order valence-electron chi connectivity index (χ2n) is 3.94. The lowest BCUT2D eigenvalue weighted by Crippen LogP contribution is -2.06. The van der Waals surface area contributed by atoms with Crippen molar-refractivity contribution in [2.75, 3.05) is 0 Å². The van der Waals surface area contributed by atoms with Gasteiger partial charge in [-0.15, -0.1) is 0 Å². The molecule has 2 aromatic carbocycles. The molecule has 0 heterocycles. The number of carbonyl (C=O) groups is 1. The van der Waals surface area contributed by atoms with Gasteiger partial charge in [0.25, 0.3) is 0 Å². The Morgan fingerprint density at radius 2 is 1.89 bits per heavy atom. The molecule has 0 atom stereocenters. The predicted molar refractivity (Wildman–Crippen MR) is 73.5 cm³/mol. The van der Waals surface area contributed by atoms with Crippen LogP contribution in [-0.2, 0) is 6.42 Å². The normalized spacial score (nSPS) is 10.5. The van der Waals surface area contributed by atoms with Crippen LogP contribution in [0.15, 0.2) is 40.9 Å². The molecule has 2 aromatic rings. The standard InChI is InChI=1S/C14H8BrClF2O/c15-9-4-5-11(17)8(6-9)7-13(19)10-2-1-3-12(18)14(10)16/h1-6H,7H2. The van der Waals surface area contributed by atoms with Crippen molar-refractivity contribution in [3.05, 3.63) is 68.7 Å². The molecule has 0 amide bonds. The van der Waals surface area contributed by atoms with Crippen molar-refractivity contribution in [3.8, 4) is 0 Å². The van der Waals surface area contributed by atoms with Gasteiger partial charge in [0.1, 0.15) is 11.6 Å². The summed E-state index contributed by atoms with van der Waals surface area (Å²) in [6, 6.07) is 8.30. The molecule has 1 nitrogen and oxygen atoms in total. The number of halogens is 4. The van der Waals surface area contributed by atoms with Crippen molar-refractivity contribution >= 4 is 33.3 Å². The fourth-order valence-corrected chi connectivity index (χ4v) is 2.31. The van der Waals surface area contributed by atoms with Crippen molar-refractivity contribution in [2.24, 2.45) is 0 Å². The third kappa shape index (κ3) is 3.19. The molecule has 0 radical (unpaired) electrons. The van der Waals surface area contributed by atoms with E-state index in [9.17, 15) is 13.6 Å². The number of ketones is 1. The van der Waals surface area contributed by atoms with Gasteiger partial charge in [0.15, 0.2) is 5.78 Å². The fourth-order valence-electron chi connectivity index (χ4n) is 1.67. The quantitative estimate of drug-likeness (QED) is 0.730. The first-order valence-electron chi connectivity index (χ1n) is 5.40. The average molecular weight is 346 g/mol. The van der Waals surface area contributed by atoms with Crippen LogP contribution in [0.3, 0.4) is 0 Å². The summed E-state index contributed by atoms with van der Waals surface area (Å²) in [6.07, 6.45) is -0.172. The summed E-state index contributed by atoms with van der Waals surface area (Å²) in [7, 11) is 0. The molecule has 0 aromatic heterocycles. The lowest BCUT2D eigenvalue weighted by atomic mass is 10.0. The van der Waals surface area contributed by atoms with Crippen LogP contribution in [0.2, 0.25) is 5.02 Å². The number of carbonyl (C=O) groups excluding carboxylic acids is 1. The SMILES string of the molecule is O=C(Cc1cc(Br)ccc1F)c1cccc(F)c1Cl. The van der Waals surface area contributed by atoms with Gasteiger partial charge in [-0.2, -0.15) is 0 Å². The zero-order chi connectivity index (χ0) is 14.0. The fraction of sp³-hybridized carbons (Fsp3) is 0.0714. The van der Waals surface area contributed by atoms with Gasteiger partial charge in [-0.3, -0.25) is 4.79 Å². The van der Waals surface area contributed by atoms with E-state index >= 15 is 0 Å². The molecule has 0 aliphatic heterocycles. The summed E-state index contributed by atoms with van der Waals surface area (Å²) in [4.78, 5) is 12.0. The Morgan fingerprint density at radius 3 is 2.63 bits per heavy atom. The summed E-state index contributed by atoms with van der Waals surface area (Å²) in [5.74, 6) is -1.58. The Morgan fingerprint density at radius 1 is 1.16 bits per heavy atom. The van der Waals surface area contributed by atoms with Crippen molar-refractivity contribution in [1.82, 2.24) is 0 Å². The van der Waals surface area contributed by atoms with E-state index in [-0.39, 0.29) is 22.6 Å². The van der Waals surface area contributed by atoms with E-state index in [2.05, 4.69) is 15.9 Å². The summed E-state index contributed by atoms with van der Waals surface area (Å²) in [5, 5.41) is -0.233. The summed E-state index contributed by atoms with van der Waals surface area (Å²) >= 11 is 8.93. The second kappa shape index (κ2) is 5.80. The first-order chi connectivity index (χ1) is 8.99. The van der Waals surface area contributed by atoms with Gasteiger partial charge in [0.05, 0.1) is 5.02 Å². The van der Waals surface area contributed by atoms with Crippen molar-refractivity contribution < 1.29 is 13.6 Å². The van der Waals surface area contributed by atoms with E-state index in [0.717, 1.165) is 0 Å². The Hall–Kier alpha value is -1.26. The molecule has 2 rings (SSSR count). The van der Waals surface area contributed by atoms with Crippen LogP contribution in [0, 0.1) is 11.6 Å². The molecule has 0 N–H and O–H groups in total. The Kier molecular flexibility index (Phi) is 4.32. The minimum absolute atomic E-state index is 0.0565. The first-order valence-corrected chi connectivity index (χ1v) is 6.57. The summed E-state index contributed by atoms with van der Waals surface area (Å²) in [5.41, 5.74) is 0.292. The van der Waals surface area contributed by atoms with Crippen LogP contribution in [0.1, 0.15) is 15.9 Å². The molecule has 0 aliphatic rings. The van der Waals surface area contributed by atoms with Crippen LogP contribution in [0.4, 0.5) is 8.78 Å². The van der Waals surface area contributed by atoms with Crippen LogP contribution in [-0.4, -0.2) is 5.78 Å². The predicted octanol–water partition coefficient (Wildman–Crippen LogP) is 4.81. The highest BCUT2D eigenvalue weighted by Gasteiger charge is 2.15. The minimum Gasteiger partial charge on any atom is -0.294 e. The third-order valence-corrected chi connectivity index (χ3v) is 3.49. The summed E-state index contributed by atoms with van der Waals surface area (Å²) < 4.78 is 27.5. The van der Waals surface area contributed by atoms with Gasteiger partial charge in [0, 0.05) is 16.5 Å². The molecule has 0 aliphatic carbocycles. The van der Waals surface area contributed by atoms with Gasteiger partial charge in [-0.05, 0) is 35.9 Å². The maximum Gasteiger partial charge on any atom is 0.168 e. The Labute approximate surface area is 122 Å². The Bertz CT molecular complexity index is 643. The number of hydrogen-bond donors (Lipinski definition) is 0. The topological polar surface area (TPSA) is 17.1 Å². The maximum atomic E-state index is 13.5. The zero-order valence-corrected chi connectivity index (χ0v) is 11.9. The number of Topliss-reactive ketones (excluding diaryl/α,β-unsaturated/α-hetero) is 1. The molecule has 0 spiro atoms. The van der Waals surface area contributed by atoms with Crippen LogP contribution in [0.25, 0.3) is 0 Å². The lowest BCUT2D eigenvalue weighted by Gasteiger charge is -2.06. The third-order valence-electron chi connectivity index (χ3n) is 2.61. The smallest absolute Gasteiger partial charge is 0.168 e. The van der Waals surface area contributed by atoms with Crippen molar-refractivity contribution in [1.29, 1.82) is 0 Å². The molecule has 0 saturated carbocycles. The van der Waals surface area contributed by atoms with Crippen LogP contribution >= 0.6 is 27.5 Å². The van der Waals surface area contributed by atoms with E-state index in [4.69, 9.17) is 11.6 Å². The maximum absolute atomic E-state index is 13.5. The second-order valence-corrected chi connectivity index (χ2v) is 5.23. The van der Waals surface area contributed by atoms with Crippen LogP contribution < -0.4 is 0 Å². The number of rotatable bonds is 3. The monoisotopic (exact) mass is 344 g/mol. The first kappa shape index (κ1) is 14.2. The molecule has 19 heavy (non-hydrogen) atoms. The average Bonchev–Trinajstić information content (AvgIpc) is 2.37. The van der Waals surface area contributed by atoms with Gasteiger partial charge in [-0.25, -0.2) is 8.78 Å². The number of hydrogen-bond acceptors (Lipinski definition) is 1. The van der Waals surface area contributed by atoms with E-state index in [1.165, 1.54) is 30.3 Å². The summed E-state index contributed by atoms with van der Waals surface area (Å²) in [6.45, 7) is 0. The molecule has 98 valence electrons.